The second-order valence-corrected chi connectivity index (χ2v) is 6.68. The number of sulfonamides is 1. The van der Waals surface area contributed by atoms with Crippen molar-refractivity contribution in [2.24, 2.45) is 0 Å². The van der Waals surface area contributed by atoms with Gasteiger partial charge in [0.25, 0.3) is 0 Å². The number of hydrogen-bond donors (Lipinski definition) is 1. The van der Waals surface area contributed by atoms with Crippen LogP contribution in [0.4, 0.5) is 5.69 Å². The van der Waals surface area contributed by atoms with Crippen LogP contribution < -0.4 is 5.32 Å². The first-order valence-electron chi connectivity index (χ1n) is 5.72. The predicted molar refractivity (Wildman–Crippen MR) is 75.4 cm³/mol. The molecule has 1 rings (SSSR count). The molecule has 104 valence electrons. The second-order valence-electron chi connectivity index (χ2n) is 4.53. The highest BCUT2D eigenvalue weighted by atomic mass is 32.2. The van der Waals surface area contributed by atoms with E-state index in [2.05, 4.69) is 5.32 Å². The quantitative estimate of drug-likeness (QED) is 0.857. The summed E-state index contributed by atoms with van der Waals surface area (Å²) in [4.78, 5) is 11.7. The molecule has 0 fully saturated rings. The van der Waals surface area contributed by atoms with Gasteiger partial charge in [0.1, 0.15) is 0 Å². The van der Waals surface area contributed by atoms with E-state index in [9.17, 15) is 13.2 Å². The molecule has 0 atom stereocenters. The third-order valence-corrected chi connectivity index (χ3v) is 4.11. The van der Waals surface area contributed by atoms with E-state index in [1.165, 1.54) is 32.3 Å². The van der Waals surface area contributed by atoms with E-state index in [-0.39, 0.29) is 10.8 Å². The van der Waals surface area contributed by atoms with Crippen LogP contribution in [0.2, 0.25) is 0 Å². The van der Waals surface area contributed by atoms with Crippen LogP contribution >= 0.6 is 0 Å². The molecule has 0 aliphatic rings. The van der Waals surface area contributed by atoms with Gasteiger partial charge in [-0.2, -0.15) is 0 Å². The number of anilines is 1. The maximum absolute atomic E-state index is 11.9. The van der Waals surface area contributed by atoms with Crippen molar-refractivity contribution in [3.63, 3.8) is 0 Å². The molecule has 0 heterocycles. The Bertz CT molecular complexity index is 600. The number of benzene rings is 1. The van der Waals surface area contributed by atoms with Crippen molar-refractivity contribution in [1.29, 1.82) is 0 Å². The van der Waals surface area contributed by atoms with E-state index in [0.29, 0.717) is 5.69 Å². The summed E-state index contributed by atoms with van der Waals surface area (Å²) in [6, 6.07) is 6.16. The van der Waals surface area contributed by atoms with Gasteiger partial charge in [-0.3, -0.25) is 4.79 Å². The van der Waals surface area contributed by atoms with Crippen molar-refractivity contribution in [2.75, 3.05) is 19.4 Å². The van der Waals surface area contributed by atoms with Crippen LogP contribution in [0, 0.1) is 0 Å². The van der Waals surface area contributed by atoms with Crippen LogP contribution in [-0.2, 0) is 14.8 Å². The molecule has 5 nitrogen and oxygen atoms in total. The monoisotopic (exact) mass is 282 g/mol. The zero-order chi connectivity index (χ0) is 14.6. The van der Waals surface area contributed by atoms with E-state index in [0.717, 1.165) is 9.88 Å². The zero-order valence-corrected chi connectivity index (χ0v) is 12.3. The lowest BCUT2D eigenvalue weighted by Crippen LogP contribution is -2.22. The fourth-order valence-corrected chi connectivity index (χ4v) is 2.33. The molecule has 0 spiro atoms. The van der Waals surface area contributed by atoms with Crippen LogP contribution in [0.25, 0.3) is 0 Å². The Morgan fingerprint density at radius 3 is 2.42 bits per heavy atom. The lowest BCUT2D eigenvalue weighted by molar-refractivity contribution is -0.111. The number of carbonyl (C=O) groups excluding carboxylic acids is 1. The molecule has 0 bridgehead atoms. The van der Waals surface area contributed by atoms with Gasteiger partial charge < -0.3 is 5.32 Å². The first-order chi connectivity index (χ1) is 8.73. The maximum Gasteiger partial charge on any atom is 0.248 e. The molecule has 0 unspecified atom stereocenters. The Kier molecular flexibility index (Phi) is 4.85. The van der Waals surface area contributed by atoms with Crippen molar-refractivity contribution in [3.8, 4) is 0 Å². The van der Waals surface area contributed by atoms with E-state index < -0.39 is 10.0 Å². The average molecular weight is 282 g/mol. The Labute approximate surface area is 114 Å². The van der Waals surface area contributed by atoms with Gasteiger partial charge in [0, 0.05) is 25.9 Å². The van der Waals surface area contributed by atoms with Crippen LogP contribution in [0.1, 0.15) is 13.8 Å². The number of hydrogen-bond acceptors (Lipinski definition) is 3. The second kappa shape index (κ2) is 5.99. The molecule has 19 heavy (non-hydrogen) atoms. The summed E-state index contributed by atoms with van der Waals surface area (Å²) in [6.45, 7) is 3.62. The molecule has 0 aliphatic heterocycles. The summed E-state index contributed by atoms with van der Waals surface area (Å²) < 4.78 is 25.0. The van der Waals surface area contributed by atoms with Gasteiger partial charge in [0.2, 0.25) is 15.9 Å². The predicted octanol–water partition coefficient (Wildman–Crippen LogP) is 1.84. The molecule has 6 heteroatoms. The Hall–Kier alpha value is -1.66. The third kappa shape index (κ3) is 4.18. The number of nitrogens with zero attached hydrogens (tertiary/aromatic N) is 1. The van der Waals surface area contributed by atoms with Crippen molar-refractivity contribution in [1.82, 2.24) is 4.31 Å². The van der Waals surface area contributed by atoms with Crippen molar-refractivity contribution < 1.29 is 13.2 Å². The fraction of sp³-hybridized carbons (Fsp3) is 0.308. The Morgan fingerprint density at radius 2 is 1.89 bits per heavy atom. The van der Waals surface area contributed by atoms with Crippen LogP contribution in [0.3, 0.4) is 0 Å². The van der Waals surface area contributed by atoms with Crippen molar-refractivity contribution in [2.45, 2.75) is 18.7 Å². The fourth-order valence-electron chi connectivity index (χ4n) is 1.39. The zero-order valence-electron chi connectivity index (χ0n) is 11.5. The summed E-state index contributed by atoms with van der Waals surface area (Å²) in [6.07, 6.45) is 1.45. The summed E-state index contributed by atoms with van der Waals surface area (Å²) in [5.41, 5.74) is 1.32. The largest absolute Gasteiger partial charge is 0.322 e. The standard InChI is InChI=1S/C13H18N2O3S/c1-10(2)8-13(16)14-11-6-5-7-12(9-11)19(17,18)15(3)4/h5-9H,1-4H3,(H,14,16). The van der Waals surface area contributed by atoms with Gasteiger partial charge in [-0.15, -0.1) is 0 Å². The smallest absolute Gasteiger partial charge is 0.248 e. The van der Waals surface area contributed by atoms with Gasteiger partial charge in [-0.25, -0.2) is 12.7 Å². The van der Waals surface area contributed by atoms with Gasteiger partial charge in [0.15, 0.2) is 0 Å². The van der Waals surface area contributed by atoms with Gasteiger partial charge >= 0.3 is 0 Å². The summed E-state index contributed by atoms with van der Waals surface area (Å²) in [5.74, 6) is -0.278. The lowest BCUT2D eigenvalue weighted by atomic mass is 10.3. The number of carbonyl (C=O) groups is 1. The minimum atomic E-state index is -3.49. The molecule has 0 saturated carbocycles. The minimum absolute atomic E-state index is 0.146. The molecule has 1 aromatic rings. The van der Waals surface area contributed by atoms with Crippen molar-refractivity contribution in [3.05, 3.63) is 35.9 Å². The van der Waals surface area contributed by atoms with Crippen LogP contribution in [0.5, 0.6) is 0 Å². The topological polar surface area (TPSA) is 66.5 Å². The van der Waals surface area contributed by atoms with Crippen molar-refractivity contribution >= 4 is 21.6 Å². The number of rotatable bonds is 4. The van der Waals surface area contributed by atoms with Crippen LogP contribution in [0.15, 0.2) is 40.8 Å². The van der Waals surface area contributed by atoms with Gasteiger partial charge in [0.05, 0.1) is 4.90 Å². The van der Waals surface area contributed by atoms with Gasteiger partial charge in [-0.05, 0) is 32.0 Å². The summed E-state index contributed by atoms with van der Waals surface area (Å²) in [5, 5.41) is 2.63. The van der Waals surface area contributed by atoms with Crippen LogP contribution in [-0.4, -0.2) is 32.7 Å². The highest BCUT2D eigenvalue weighted by molar-refractivity contribution is 7.89. The highest BCUT2D eigenvalue weighted by Crippen LogP contribution is 2.17. The normalized spacial score (nSPS) is 11.2. The maximum atomic E-state index is 11.9. The number of allylic oxidation sites excluding steroid dienone is 1. The number of amides is 1. The molecule has 1 N–H and O–H groups in total. The molecule has 0 aliphatic carbocycles. The molecular weight excluding hydrogens is 264 g/mol. The highest BCUT2D eigenvalue weighted by Gasteiger charge is 2.17. The third-order valence-electron chi connectivity index (χ3n) is 2.30. The first-order valence-corrected chi connectivity index (χ1v) is 7.16. The van der Waals surface area contributed by atoms with Gasteiger partial charge in [-0.1, -0.05) is 11.6 Å². The molecule has 1 amide bonds. The lowest BCUT2D eigenvalue weighted by Gasteiger charge is -2.12. The molecule has 0 radical (unpaired) electrons. The first kappa shape index (κ1) is 15.4. The minimum Gasteiger partial charge on any atom is -0.322 e. The molecular formula is C13H18N2O3S. The Balaban J connectivity index is 3.03. The van der Waals surface area contributed by atoms with E-state index in [4.69, 9.17) is 0 Å². The van der Waals surface area contributed by atoms with E-state index in [1.807, 2.05) is 13.8 Å². The Morgan fingerprint density at radius 1 is 1.26 bits per heavy atom. The number of nitrogens with one attached hydrogen (secondary N) is 1. The SMILES string of the molecule is CC(C)=CC(=O)Nc1cccc(S(=O)(=O)N(C)C)c1. The molecule has 1 aromatic carbocycles. The summed E-state index contributed by atoms with van der Waals surface area (Å²) >= 11 is 0. The average Bonchev–Trinajstić information content (AvgIpc) is 2.27. The van der Waals surface area contributed by atoms with E-state index >= 15 is 0 Å². The molecule has 0 saturated heterocycles. The summed E-state index contributed by atoms with van der Waals surface area (Å²) in [7, 11) is -0.567. The van der Waals surface area contributed by atoms with E-state index in [1.54, 1.807) is 12.1 Å². The molecule has 0 aromatic heterocycles.